The molecular weight excluding hydrogens is 216 g/mol. The molecule has 1 aliphatic heterocycles. The van der Waals surface area contributed by atoms with Crippen molar-refractivity contribution in [1.29, 1.82) is 0 Å². The molecule has 0 spiro atoms. The molecule has 2 heterocycles. The van der Waals surface area contributed by atoms with Gasteiger partial charge < -0.3 is 9.84 Å². The summed E-state index contributed by atoms with van der Waals surface area (Å²) >= 11 is 0. The fourth-order valence-electron chi connectivity index (χ4n) is 2.16. The molecule has 1 N–H and O–H groups in total. The third-order valence-corrected chi connectivity index (χ3v) is 3.08. The van der Waals surface area contributed by atoms with Gasteiger partial charge in [-0.15, -0.1) is 0 Å². The zero-order chi connectivity index (χ0) is 12.3. The molecule has 0 aliphatic carbocycles. The molecule has 0 amide bonds. The van der Waals surface area contributed by atoms with Crippen LogP contribution < -0.4 is 5.32 Å². The fourth-order valence-corrected chi connectivity index (χ4v) is 2.16. The van der Waals surface area contributed by atoms with Gasteiger partial charge in [0.1, 0.15) is 0 Å². The minimum absolute atomic E-state index is 0.304. The van der Waals surface area contributed by atoms with Crippen molar-refractivity contribution < 1.29 is 4.52 Å². The Morgan fingerprint density at radius 1 is 1.53 bits per heavy atom. The number of likely N-dealkylation sites (N-methyl/N-ethyl adjacent to an activating group) is 1. The molecule has 1 atom stereocenters. The first-order valence-electron chi connectivity index (χ1n) is 6.39. The second-order valence-electron chi connectivity index (χ2n) is 5.19. The van der Waals surface area contributed by atoms with Gasteiger partial charge in [-0.25, -0.2) is 0 Å². The highest BCUT2D eigenvalue weighted by Gasteiger charge is 2.17. The van der Waals surface area contributed by atoms with Crippen LogP contribution in [0.4, 0.5) is 0 Å². The molecule has 1 saturated heterocycles. The molecule has 0 aromatic carbocycles. The second kappa shape index (κ2) is 5.60. The van der Waals surface area contributed by atoms with Crippen LogP contribution in [0.5, 0.6) is 0 Å². The third-order valence-electron chi connectivity index (χ3n) is 3.08. The SMILES string of the molecule is CC(C)c1nc(CN(C)CC2CCCN2)no1. The Bertz CT molecular complexity index is 344. The molecule has 17 heavy (non-hydrogen) atoms. The smallest absolute Gasteiger partial charge is 0.229 e. The summed E-state index contributed by atoms with van der Waals surface area (Å²) in [6.45, 7) is 7.07. The maximum atomic E-state index is 5.19. The van der Waals surface area contributed by atoms with Gasteiger partial charge in [-0.1, -0.05) is 19.0 Å². The summed E-state index contributed by atoms with van der Waals surface area (Å²) in [4.78, 5) is 6.63. The average Bonchev–Trinajstić information content (AvgIpc) is 2.88. The van der Waals surface area contributed by atoms with Crippen LogP contribution in [0, 0.1) is 0 Å². The molecule has 0 saturated carbocycles. The zero-order valence-corrected chi connectivity index (χ0v) is 10.9. The molecule has 5 nitrogen and oxygen atoms in total. The molecular formula is C12H22N4O. The van der Waals surface area contributed by atoms with Gasteiger partial charge in [0.05, 0.1) is 6.54 Å². The lowest BCUT2D eigenvalue weighted by molar-refractivity contribution is 0.279. The second-order valence-corrected chi connectivity index (χ2v) is 5.19. The zero-order valence-electron chi connectivity index (χ0n) is 10.9. The van der Waals surface area contributed by atoms with E-state index in [4.69, 9.17) is 4.52 Å². The number of nitrogens with one attached hydrogen (secondary N) is 1. The Labute approximate surface area is 103 Å². The Balaban J connectivity index is 1.82. The average molecular weight is 238 g/mol. The van der Waals surface area contributed by atoms with Crippen LogP contribution in [0.1, 0.15) is 44.3 Å². The van der Waals surface area contributed by atoms with Crippen LogP contribution >= 0.6 is 0 Å². The highest BCUT2D eigenvalue weighted by Crippen LogP contribution is 2.12. The summed E-state index contributed by atoms with van der Waals surface area (Å²) < 4.78 is 5.19. The summed E-state index contributed by atoms with van der Waals surface area (Å²) in [5.41, 5.74) is 0. The van der Waals surface area contributed by atoms with E-state index in [1.807, 2.05) is 0 Å². The standard InChI is InChI=1S/C12H22N4O/c1-9(2)12-14-11(15-17-12)8-16(3)7-10-5-4-6-13-10/h9-10,13H,4-8H2,1-3H3. The van der Waals surface area contributed by atoms with E-state index in [1.165, 1.54) is 12.8 Å². The molecule has 96 valence electrons. The molecule has 1 fully saturated rings. The van der Waals surface area contributed by atoms with Crippen LogP contribution in [0.25, 0.3) is 0 Å². The summed E-state index contributed by atoms with van der Waals surface area (Å²) in [5, 5.41) is 7.49. The maximum absolute atomic E-state index is 5.19. The minimum Gasteiger partial charge on any atom is -0.339 e. The first kappa shape index (κ1) is 12.5. The van der Waals surface area contributed by atoms with Gasteiger partial charge in [0.15, 0.2) is 5.82 Å². The topological polar surface area (TPSA) is 54.2 Å². The predicted octanol–water partition coefficient (Wildman–Crippen LogP) is 1.38. The van der Waals surface area contributed by atoms with E-state index in [9.17, 15) is 0 Å². The first-order valence-corrected chi connectivity index (χ1v) is 6.39. The number of rotatable bonds is 5. The van der Waals surface area contributed by atoms with Crippen LogP contribution in [-0.2, 0) is 6.54 Å². The lowest BCUT2D eigenvalue weighted by Gasteiger charge is -2.19. The van der Waals surface area contributed by atoms with Crippen molar-refractivity contribution in [3.05, 3.63) is 11.7 Å². The van der Waals surface area contributed by atoms with Gasteiger partial charge in [0.25, 0.3) is 0 Å². The molecule has 1 aromatic heterocycles. The number of hydrogen-bond acceptors (Lipinski definition) is 5. The van der Waals surface area contributed by atoms with Gasteiger partial charge in [0.2, 0.25) is 5.89 Å². The largest absolute Gasteiger partial charge is 0.339 e. The van der Waals surface area contributed by atoms with Crippen molar-refractivity contribution in [2.45, 2.75) is 45.2 Å². The van der Waals surface area contributed by atoms with Crippen molar-refractivity contribution in [2.75, 3.05) is 20.1 Å². The van der Waals surface area contributed by atoms with Crippen molar-refractivity contribution in [2.24, 2.45) is 0 Å². The van der Waals surface area contributed by atoms with Crippen LogP contribution in [-0.4, -0.2) is 41.2 Å². The van der Waals surface area contributed by atoms with Gasteiger partial charge >= 0.3 is 0 Å². The van der Waals surface area contributed by atoms with Crippen molar-refractivity contribution in [1.82, 2.24) is 20.4 Å². The molecule has 5 heteroatoms. The quantitative estimate of drug-likeness (QED) is 0.840. The van der Waals surface area contributed by atoms with E-state index >= 15 is 0 Å². The monoisotopic (exact) mass is 238 g/mol. The number of aromatic nitrogens is 2. The van der Waals surface area contributed by atoms with E-state index in [0.717, 1.165) is 31.3 Å². The third kappa shape index (κ3) is 3.51. The Morgan fingerprint density at radius 3 is 2.94 bits per heavy atom. The maximum Gasteiger partial charge on any atom is 0.229 e. The first-order chi connectivity index (χ1) is 8.15. The van der Waals surface area contributed by atoms with Crippen molar-refractivity contribution in [3.63, 3.8) is 0 Å². The van der Waals surface area contributed by atoms with Crippen LogP contribution in [0.2, 0.25) is 0 Å². The Kier molecular flexibility index (Phi) is 4.12. The van der Waals surface area contributed by atoms with Crippen LogP contribution in [0.3, 0.4) is 0 Å². The summed E-state index contributed by atoms with van der Waals surface area (Å²) in [7, 11) is 2.10. The van der Waals surface area contributed by atoms with Gasteiger partial charge in [-0.3, -0.25) is 4.90 Å². The highest BCUT2D eigenvalue weighted by molar-refractivity contribution is 4.91. The predicted molar refractivity (Wildman–Crippen MR) is 65.7 cm³/mol. The molecule has 1 aliphatic rings. The normalized spacial score (nSPS) is 20.6. The molecule has 0 bridgehead atoms. The van der Waals surface area contributed by atoms with Crippen molar-refractivity contribution in [3.8, 4) is 0 Å². The lowest BCUT2D eigenvalue weighted by atomic mass is 10.2. The number of nitrogens with zero attached hydrogens (tertiary/aromatic N) is 3. The Hall–Kier alpha value is -0.940. The minimum atomic E-state index is 0.304. The summed E-state index contributed by atoms with van der Waals surface area (Å²) in [6, 6.07) is 0.622. The van der Waals surface area contributed by atoms with E-state index in [0.29, 0.717) is 12.0 Å². The van der Waals surface area contributed by atoms with E-state index in [2.05, 4.69) is 41.3 Å². The molecule has 2 rings (SSSR count). The molecule has 1 aromatic rings. The fraction of sp³-hybridized carbons (Fsp3) is 0.833. The Morgan fingerprint density at radius 2 is 2.35 bits per heavy atom. The van der Waals surface area contributed by atoms with E-state index in [-0.39, 0.29) is 0 Å². The summed E-state index contributed by atoms with van der Waals surface area (Å²) in [6.07, 6.45) is 2.56. The van der Waals surface area contributed by atoms with Crippen molar-refractivity contribution >= 4 is 0 Å². The number of hydrogen-bond donors (Lipinski definition) is 1. The lowest BCUT2D eigenvalue weighted by Crippen LogP contribution is -2.35. The van der Waals surface area contributed by atoms with E-state index < -0.39 is 0 Å². The van der Waals surface area contributed by atoms with Gasteiger partial charge in [-0.2, -0.15) is 4.98 Å². The van der Waals surface area contributed by atoms with E-state index in [1.54, 1.807) is 0 Å². The summed E-state index contributed by atoms with van der Waals surface area (Å²) in [5.74, 6) is 1.82. The molecule has 0 radical (unpaired) electrons. The highest BCUT2D eigenvalue weighted by atomic mass is 16.5. The van der Waals surface area contributed by atoms with Gasteiger partial charge in [-0.05, 0) is 26.4 Å². The molecule has 1 unspecified atom stereocenters. The van der Waals surface area contributed by atoms with Crippen LogP contribution in [0.15, 0.2) is 4.52 Å². The van der Waals surface area contributed by atoms with Gasteiger partial charge in [0, 0.05) is 18.5 Å².